The van der Waals surface area contributed by atoms with Crippen molar-refractivity contribution in [3.63, 3.8) is 0 Å². The Morgan fingerprint density at radius 1 is 1.18 bits per heavy atom. The van der Waals surface area contributed by atoms with Gasteiger partial charge in [-0.05, 0) is 32.2 Å². The maximum absolute atomic E-state index is 11.6. The average molecular weight is 240 g/mol. The van der Waals surface area contributed by atoms with Crippen molar-refractivity contribution in [2.24, 2.45) is 0 Å². The van der Waals surface area contributed by atoms with Gasteiger partial charge in [-0.3, -0.25) is 4.79 Å². The summed E-state index contributed by atoms with van der Waals surface area (Å²) in [7, 11) is 0. The van der Waals surface area contributed by atoms with Crippen LogP contribution in [-0.2, 0) is 9.53 Å². The number of hydrogen-bond donors (Lipinski definition) is 2. The summed E-state index contributed by atoms with van der Waals surface area (Å²) in [4.78, 5) is 11.6. The summed E-state index contributed by atoms with van der Waals surface area (Å²) in [5, 5.41) is 6.41. The van der Waals surface area contributed by atoms with Crippen LogP contribution in [0.5, 0.6) is 0 Å². The van der Waals surface area contributed by atoms with E-state index in [4.69, 9.17) is 4.74 Å². The number of carbonyl (C=O) groups is 1. The van der Waals surface area contributed by atoms with Crippen LogP contribution < -0.4 is 10.6 Å². The van der Waals surface area contributed by atoms with E-state index in [-0.39, 0.29) is 12.5 Å². The van der Waals surface area contributed by atoms with Crippen LogP contribution in [0.4, 0.5) is 0 Å². The third-order valence-electron chi connectivity index (χ3n) is 3.68. The lowest BCUT2D eigenvalue weighted by Gasteiger charge is -2.22. The summed E-state index contributed by atoms with van der Waals surface area (Å²) in [6, 6.07) is 0.849. The fourth-order valence-electron chi connectivity index (χ4n) is 2.71. The second-order valence-electron chi connectivity index (χ2n) is 5.21. The Morgan fingerprint density at radius 2 is 2.00 bits per heavy atom. The maximum Gasteiger partial charge on any atom is 0.246 e. The van der Waals surface area contributed by atoms with Crippen LogP contribution in [0, 0.1) is 0 Å². The van der Waals surface area contributed by atoms with E-state index in [0.29, 0.717) is 18.7 Å². The van der Waals surface area contributed by atoms with E-state index in [2.05, 4.69) is 10.6 Å². The highest BCUT2D eigenvalue weighted by Gasteiger charge is 2.17. The molecule has 0 aromatic rings. The van der Waals surface area contributed by atoms with Crippen molar-refractivity contribution in [3.05, 3.63) is 0 Å². The Balaban J connectivity index is 1.53. The lowest BCUT2D eigenvalue weighted by atomic mass is 9.95. The summed E-state index contributed by atoms with van der Waals surface area (Å²) in [5.74, 6) is 0.0508. The first-order valence-corrected chi connectivity index (χ1v) is 6.95. The van der Waals surface area contributed by atoms with E-state index in [0.717, 1.165) is 19.4 Å². The van der Waals surface area contributed by atoms with Crippen LogP contribution in [0.2, 0.25) is 0 Å². The van der Waals surface area contributed by atoms with Crippen molar-refractivity contribution in [1.82, 2.24) is 10.6 Å². The van der Waals surface area contributed by atoms with E-state index in [1.54, 1.807) is 0 Å². The lowest BCUT2D eigenvalue weighted by molar-refractivity contribution is -0.126. The summed E-state index contributed by atoms with van der Waals surface area (Å²) < 4.78 is 5.45. The second-order valence-corrected chi connectivity index (χ2v) is 5.21. The minimum absolute atomic E-state index is 0.0508. The van der Waals surface area contributed by atoms with Crippen molar-refractivity contribution in [1.29, 1.82) is 0 Å². The van der Waals surface area contributed by atoms with Gasteiger partial charge in [0.2, 0.25) is 5.91 Å². The monoisotopic (exact) mass is 240 g/mol. The molecule has 2 N–H and O–H groups in total. The maximum atomic E-state index is 11.6. The molecule has 1 saturated carbocycles. The molecule has 1 aliphatic heterocycles. The average Bonchev–Trinajstić information content (AvgIpc) is 2.83. The molecule has 0 radical (unpaired) electrons. The van der Waals surface area contributed by atoms with Gasteiger partial charge in [-0.1, -0.05) is 19.3 Å². The summed E-state index contributed by atoms with van der Waals surface area (Å²) in [5.41, 5.74) is 0. The molecule has 2 fully saturated rings. The molecule has 1 heterocycles. The fourth-order valence-corrected chi connectivity index (χ4v) is 2.71. The first kappa shape index (κ1) is 12.8. The van der Waals surface area contributed by atoms with Crippen LogP contribution in [0.3, 0.4) is 0 Å². The van der Waals surface area contributed by atoms with Crippen molar-refractivity contribution in [3.8, 4) is 0 Å². The minimum Gasteiger partial charge on any atom is -0.370 e. The highest BCUT2D eigenvalue weighted by atomic mass is 16.5. The van der Waals surface area contributed by atoms with E-state index in [1.807, 2.05) is 0 Å². The molecule has 0 aromatic heterocycles. The molecule has 2 aliphatic rings. The minimum atomic E-state index is 0.0508. The Bertz CT molecular complexity index is 234. The first-order valence-electron chi connectivity index (χ1n) is 6.95. The van der Waals surface area contributed by atoms with Crippen LogP contribution in [-0.4, -0.2) is 37.7 Å². The number of ether oxygens (including phenoxy) is 1. The zero-order chi connectivity index (χ0) is 11.9. The summed E-state index contributed by atoms with van der Waals surface area (Å²) in [6.45, 7) is 1.97. The largest absolute Gasteiger partial charge is 0.370 e. The quantitative estimate of drug-likeness (QED) is 0.759. The number of amides is 1. The third kappa shape index (κ3) is 4.64. The van der Waals surface area contributed by atoms with Crippen LogP contribution in [0.15, 0.2) is 0 Å². The predicted octanol–water partition coefficient (Wildman–Crippen LogP) is 1.20. The molecule has 2 rings (SSSR count). The van der Waals surface area contributed by atoms with Crippen molar-refractivity contribution >= 4 is 5.91 Å². The molecule has 0 unspecified atom stereocenters. The lowest BCUT2D eigenvalue weighted by Crippen LogP contribution is -2.39. The number of rotatable bonds is 5. The Labute approximate surface area is 103 Å². The molecule has 1 amide bonds. The molecule has 17 heavy (non-hydrogen) atoms. The topological polar surface area (TPSA) is 50.4 Å². The standard InChI is InChI=1S/C13H24N2O2/c16-13(15-11-5-2-1-3-6-11)10-17-9-12-7-4-8-14-12/h11-12,14H,1-10H2,(H,15,16)/t12-/m0/s1. The van der Waals surface area contributed by atoms with Gasteiger partial charge < -0.3 is 15.4 Å². The smallest absolute Gasteiger partial charge is 0.246 e. The van der Waals surface area contributed by atoms with Gasteiger partial charge in [0.15, 0.2) is 0 Å². The number of nitrogens with one attached hydrogen (secondary N) is 2. The molecular weight excluding hydrogens is 216 g/mol. The van der Waals surface area contributed by atoms with Gasteiger partial charge >= 0.3 is 0 Å². The molecular formula is C13H24N2O2. The second kappa shape index (κ2) is 6.97. The predicted molar refractivity (Wildman–Crippen MR) is 66.9 cm³/mol. The molecule has 98 valence electrons. The molecule has 1 atom stereocenters. The van der Waals surface area contributed by atoms with Gasteiger partial charge in [-0.25, -0.2) is 0 Å². The van der Waals surface area contributed by atoms with Gasteiger partial charge in [0.25, 0.3) is 0 Å². The third-order valence-corrected chi connectivity index (χ3v) is 3.68. The van der Waals surface area contributed by atoms with Crippen LogP contribution in [0.1, 0.15) is 44.9 Å². The van der Waals surface area contributed by atoms with Crippen molar-refractivity contribution < 1.29 is 9.53 Å². The van der Waals surface area contributed by atoms with Crippen molar-refractivity contribution in [2.45, 2.75) is 57.0 Å². The first-order chi connectivity index (χ1) is 8.34. The number of carbonyl (C=O) groups excluding carboxylic acids is 1. The molecule has 1 saturated heterocycles. The van der Waals surface area contributed by atoms with Gasteiger partial charge in [0.1, 0.15) is 6.61 Å². The van der Waals surface area contributed by atoms with Gasteiger partial charge in [-0.2, -0.15) is 0 Å². The van der Waals surface area contributed by atoms with E-state index < -0.39 is 0 Å². The van der Waals surface area contributed by atoms with Gasteiger partial charge in [0, 0.05) is 12.1 Å². The number of hydrogen-bond acceptors (Lipinski definition) is 3. The van der Waals surface area contributed by atoms with Gasteiger partial charge in [0.05, 0.1) is 6.61 Å². The van der Waals surface area contributed by atoms with E-state index in [9.17, 15) is 4.79 Å². The molecule has 1 aliphatic carbocycles. The molecule has 4 heteroatoms. The highest BCUT2D eigenvalue weighted by molar-refractivity contribution is 5.77. The highest BCUT2D eigenvalue weighted by Crippen LogP contribution is 2.17. The van der Waals surface area contributed by atoms with Gasteiger partial charge in [-0.15, -0.1) is 0 Å². The zero-order valence-corrected chi connectivity index (χ0v) is 10.5. The van der Waals surface area contributed by atoms with Crippen LogP contribution in [0.25, 0.3) is 0 Å². The molecule has 4 nitrogen and oxygen atoms in total. The SMILES string of the molecule is O=C(COC[C@@H]1CCCN1)NC1CCCCC1. The molecule has 0 spiro atoms. The normalized spacial score (nSPS) is 26.0. The van der Waals surface area contributed by atoms with E-state index in [1.165, 1.54) is 32.1 Å². The van der Waals surface area contributed by atoms with Crippen molar-refractivity contribution in [2.75, 3.05) is 19.8 Å². The fraction of sp³-hybridized carbons (Fsp3) is 0.923. The Hall–Kier alpha value is -0.610. The Kier molecular flexibility index (Phi) is 5.26. The summed E-state index contributed by atoms with van der Waals surface area (Å²) in [6.07, 6.45) is 8.48. The zero-order valence-electron chi connectivity index (χ0n) is 10.5. The van der Waals surface area contributed by atoms with Crippen LogP contribution >= 0.6 is 0 Å². The molecule has 0 aromatic carbocycles. The Morgan fingerprint density at radius 3 is 2.71 bits per heavy atom. The van der Waals surface area contributed by atoms with E-state index >= 15 is 0 Å². The molecule has 0 bridgehead atoms. The summed E-state index contributed by atoms with van der Waals surface area (Å²) >= 11 is 0.